The summed E-state index contributed by atoms with van der Waals surface area (Å²) in [5, 5.41) is 3.35. The van der Waals surface area contributed by atoms with Gasteiger partial charge in [-0.1, -0.05) is 30.3 Å². The second-order valence-electron chi connectivity index (χ2n) is 4.42. The van der Waals surface area contributed by atoms with Gasteiger partial charge < -0.3 is 10.2 Å². The maximum atomic E-state index is 4.67. The summed E-state index contributed by atoms with van der Waals surface area (Å²) in [5.74, 6) is 2.16. The Labute approximate surface area is 144 Å². The normalized spacial score (nSPS) is 10.8. The second kappa shape index (κ2) is 12.3. The minimum absolute atomic E-state index is 0. The Morgan fingerprint density at radius 3 is 2.60 bits per heavy atom. The van der Waals surface area contributed by atoms with Crippen molar-refractivity contribution < 1.29 is 0 Å². The molecular formula is C15H26IN3S. The Morgan fingerprint density at radius 1 is 1.30 bits per heavy atom. The number of nitrogens with one attached hydrogen (secondary N) is 1. The number of rotatable bonds is 7. The summed E-state index contributed by atoms with van der Waals surface area (Å²) >= 11 is 1.87. The third-order valence-corrected chi connectivity index (χ3v) is 3.42. The van der Waals surface area contributed by atoms with E-state index in [0.717, 1.165) is 32.0 Å². The summed E-state index contributed by atoms with van der Waals surface area (Å²) in [4.78, 5) is 6.84. The highest BCUT2D eigenvalue weighted by Gasteiger charge is 2.05. The predicted molar refractivity (Wildman–Crippen MR) is 102 cm³/mol. The summed E-state index contributed by atoms with van der Waals surface area (Å²) < 4.78 is 0. The largest absolute Gasteiger partial charge is 0.357 e. The first kappa shape index (κ1) is 19.6. The fraction of sp³-hybridized carbons (Fsp3) is 0.533. The summed E-state index contributed by atoms with van der Waals surface area (Å²) in [6.45, 7) is 4.78. The Balaban J connectivity index is 0.00000361. The standard InChI is InChI=1S/C15H25N3S.HI/c1-4-16-15(17-11-8-12-19-3)18(2)13-14-9-6-5-7-10-14;/h5-7,9-10H,4,8,11-13H2,1-3H3,(H,16,17);1H. The first-order valence-electron chi connectivity index (χ1n) is 6.80. The monoisotopic (exact) mass is 407 g/mol. The van der Waals surface area contributed by atoms with Crippen molar-refractivity contribution in [3.05, 3.63) is 35.9 Å². The molecule has 0 amide bonds. The van der Waals surface area contributed by atoms with Gasteiger partial charge in [0.15, 0.2) is 5.96 Å². The van der Waals surface area contributed by atoms with E-state index in [1.54, 1.807) is 0 Å². The zero-order valence-electron chi connectivity index (χ0n) is 12.6. The van der Waals surface area contributed by atoms with Gasteiger partial charge in [0.1, 0.15) is 0 Å². The Bertz CT molecular complexity index is 371. The number of nitrogens with zero attached hydrogens (tertiary/aromatic N) is 2. The van der Waals surface area contributed by atoms with Crippen LogP contribution in [-0.2, 0) is 6.54 Å². The lowest BCUT2D eigenvalue weighted by Gasteiger charge is -2.22. The van der Waals surface area contributed by atoms with Gasteiger partial charge in [0, 0.05) is 26.7 Å². The molecule has 0 aliphatic rings. The lowest BCUT2D eigenvalue weighted by atomic mass is 10.2. The van der Waals surface area contributed by atoms with Crippen molar-refractivity contribution in [2.24, 2.45) is 4.99 Å². The van der Waals surface area contributed by atoms with Crippen LogP contribution >= 0.6 is 35.7 Å². The number of hydrogen-bond donors (Lipinski definition) is 1. The zero-order valence-corrected chi connectivity index (χ0v) is 15.8. The maximum absolute atomic E-state index is 4.67. The number of hydrogen-bond acceptors (Lipinski definition) is 2. The molecule has 0 unspecified atom stereocenters. The molecule has 0 aliphatic heterocycles. The summed E-state index contributed by atoms with van der Waals surface area (Å²) in [5.41, 5.74) is 1.31. The van der Waals surface area contributed by atoms with Crippen molar-refractivity contribution >= 4 is 41.7 Å². The van der Waals surface area contributed by atoms with Gasteiger partial charge in [-0.25, -0.2) is 0 Å². The predicted octanol–water partition coefficient (Wildman–Crippen LogP) is 3.46. The first-order chi connectivity index (χ1) is 9.27. The van der Waals surface area contributed by atoms with Crippen molar-refractivity contribution in [3.8, 4) is 0 Å². The van der Waals surface area contributed by atoms with Gasteiger partial charge in [-0.3, -0.25) is 4.99 Å². The van der Waals surface area contributed by atoms with Gasteiger partial charge >= 0.3 is 0 Å². The minimum Gasteiger partial charge on any atom is -0.357 e. The fourth-order valence-electron chi connectivity index (χ4n) is 1.80. The van der Waals surface area contributed by atoms with Crippen LogP contribution in [-0.4, -0.2) is 43.0 Å². The molecule has 0 saturated carbocycles. The molecule has 0 bridgehead atoms. The van der Waals surface area contributed by atoms with E-state index in [4.69, 9.17) is 0 Å². The van der Waals surface area contributed by atoms with E-state index >= 15 is 0 Å². The van der Waals surface area contributed by atoms with Crippen LogP contribution in [0.15, 0.2) is 35.3 Å². The van der Waals surface area contributed by atoms with Crippen molar-refractivity contribution in [1.82, 2.24) is 10.2 Å². The van der Waals surface area contributed by atoms with Crippen LogP contribution in [0.25, 0.3) is 0 Å². The molecule has 1 rings (SSSR count). The smallest absolute Gasteiger partial charge is 0.193 e. The molecule has 0 radical (unpaired) electrons. The molecule has 1 aromatic rings. The zero-order chi connectivity index (χ0) is 13.9. The average Bonchev–Trinajstić information content (AvgIpc) is 2.43. The highest BCUT2D eigenvalue weighted by molar-refractivity contribution is 14.0. The van der Waals surface area contributed by atoms with Crippen molar-refractivity contribution in [1.29, 1.82) is 0 Å². The molecule has 20 heavy (non-hydrogen) atoms. The van der Waals surface area contributed by atoms with Gasteiger partial charge in [-0.15, -0.1) is 24.0 Å². The quantitative estimate of drug-likeness (QED) is 0.325. The number of benzene rings is 1. The number of aliphatic imine (C=N–C) groups is 1. The SMILES string of the molecule is CCNC(=NCCCSC)N(C)Cc1ccccc1.I. The molecule has 3 nitrogen and oxygen atoms in total. The van der Waals surface area contributed by atoms with E-state index in [9.17, 15) is 0 Å². The molecule has 0 aliphatic carbocycles. The summed E-state index contributed by atoms with van der Waals surface area (Å²) in [7, 11) is 2.09. The number of guanidine groups is 1. The topological polar surface area (TPSA) is 27.6 Å². The maximum Gasteiger partial charge on any atom is 0.193 e. The van der Waals surface area contributed by atoms with Crippen LogP contribution in [0.3, 0.4) is 0 Å². The van der Waals surface area contributed by atoms with Crippen molar-refractivity contribution in [3.63, 3.8) is 0 Å². The Morgan fingerprint density at radius 2 is 2.00 bits per heavy atom. The van der Waals surface area contributed by atoms with Crippen LogP contribution in [0.5, 0.6) is 0 Å². The third-order valence-electron chi connectivity index (χ3n) is 2.73. The van der Waals surface area contributed by atoms with E-state index in [-0.39, 0.29) is 24.0 Å². The molecule has 0 aromatic heterocycles. The van der Waals surface area contributed by atoms with Gasteiger partial charge in [0.25, 0.3) is 0 Å². The second-order valence-corrected chi connectivity index (χ2v) is 5.41. The molecule has 0 fully saturated rings. The molecule has 1 aromatic carbocycles. The van der Waals surface area contributed by atoms with E-state index < -0.39 is 0 Å². The molecule has 5 heteroatoms. The van der Waals surface area contributed by atoms with Gasteiger partial charge in [-0.2, -0.15) is 11.8 Å². The highest BCUT2D eigenvalue weighted by atomic mass is 127. The fourth-order valence-corrected chi connectivity index (χ4v) is 2.21. The lowest BCUT2D eigenvalue weighted by Crippen LogP contribution is -2.38. The Kier molecular flexibility index (Phi) is 12.1. The van der Waals surface area contributed by atoms with Crippen LogP contribution in [0.1, 0.15) is 18.9 Å². The van der Waals surface area contributed by atoms with Crippen LogP contribution < -0.4 is 5.32 Å². The number of thioether (sulfide) groups is 1. The summed E-state index contributed by atoms with van der Waals surface area (Å²) in [6, 6.07) is 10.5. The van der Waals surface area contributed by atoms with Crippen molar-refractivity contribution in [2.75, 3.05) is 32.1 Å². The number of halogens is 1. The minimum atomic E-state index is 0. The summed E-state index contributed by atoms with van der Waals surface area (Å²) in [6.07, 6.45) is 3.27. The molecular weight excluding hydrogens is 381 g/mol. The molecule has 1 N–H and O–H groups in total. The Hall–Kier alpha value is -0.430. The van der Waals surface area contributed by atoms with Gasteiger partial charge in [0.2, 0.25) is 0 Å². The molecule has 0 spiro atoms. The van der Waals surface area contributed by atoms with E-state index in [0.29, 0.717) is 0 Å². The van der Waals surface area contributed by atoms with E-state index in [2.05, 4.69) is 59.7 Å². The van der Waals surface area contributed by atoms with Crippen LogP contribution in [0, 0.1) is 0 Å². The van der Waals surface area contributed by atoms with E-state index in [1.165, 1.54) is 11.3 Å². The molecule has 114 valence electrons. The van der Waals surface area contributed by atoms with Crippen LogP contribution in [0.2, 0.25) is 0 Å². The third kappa shape index (κ3) is 7.99. The van der Waals surface area contributed by atoms with E-state index in [1.807, 2.05) is 17.8 Å². The average molecular weight is 407 g/mol. The molecule has 0 atom stereocenters. The molecule has 0 saturated heterocycles. The van der Waals surface area contributed by atoms with Gasteiger partial charge in [0.05, 0.1) is 0 Å². The highest BCUT2D eigenvalue weighted by Crippen LogP contribution is 2.03. The lowest BCUT2D eigenvalue weighted by molar-refractivity contribution is 0.477. The van der Waals surface area contributed by atoms with Crippen LogP contribution in [0.4, 0.5) is 0 Å². The van der Waals surface area contributed by atoms with Crippen molar-refractivity contribution in [2.45, 2.75) is 19.9 Å². The van der Waals surface area contributed by atoms with Gasteiger partial charge in [-0.05, 0) is 30.9 Å². The molecule has 0 heterocycles. The first-order valence-corrected chi connectivity index (χ1v) is 8.19.